The zero-order chi connectivity index (χ0) is 9.68. The molecule has 1 aliphatic heterocycles. The van der Waals surface area contributed by atoms with Crippen LogP contribution in [-0.2, 0) is 4.79 Å². The van der Waals surface area contributed by atoms with Crippen LogP contribution in [-0.4, -0.2) is 30.3 Å². The Morgan fingerprint density at radius 1 is 1.38 bits per heavy atom. The van der Waals surface area contributed by atoms with E-state index in [4.69, 9.17) is 0 Å². The number of piperidine rings is 1. The lowest BCUT2D eigenvalue weighted by atomic mass is 9.91. The molecule has 76 valence electrons. The first-order chi connectivity index (χ1) is 6.27. The van der Waals surface area contributed by atoms with Crippen LogP contribution in [0.3, 0.4) is 0 Å². The SMILES string of the molecule is CCCC1CCN(CCC)CC1=O. The molecule has 0 bridgehead atoms. The zero-order valence-corrected chi connectivity index (χ0v) is 8.88. The maximum atomic E-state index is 11.6. The van der Waals surface area contributed by atoms with E-state index in [-0.39, 0.29) is 0 Å². The summed E-state index contributed by atoms with van der Waals surface area (Å²) in [5.74, 6) is 0.847. The van der Waals surface area contributed by atoms with Crippen molar-refractivity contribution in [3.05, 3.63) is 0 Å². The third kappa shape index (κ3) is 3.11. The molecule has 0 spiro atoms. The molecule has 1 unspecified atom stereocenters. The van der Waals surface area contributed by atoms with Crippen molar-refractivity contribution in [1.29, 1.82) is 0 Å². The van der Waals surface area contributed by atoms with Gasteiger partial charge in [-0.05, 0) is 32.4 Å². The van der Waals surface area contributed by atoms with Crippen molar-refractivity contribution in [2.45, 2.75) is 39.5 Å². The Morgan fingerprint density at radius 3 is 2.69 bits per heavy atom. The normalized spacial score (nSPS) is 25.1. The molecule has 1 saturated heterocycles. The van der Waals surface area contributed by atoms with Crippen molar-refractivity contribution in [3.63, 3.8) is 0 Å². The monoisotopic (exact) mass is 183 g/mol. The van der Waals surface area contributed by atoms with E-state index in [9.17, 15) is 4.79 Å². The topological polar surface area (TPSA) is 20.3 Å². The fourth-order valence-corrected chi connectivity index (χ4v) is 2.09. The van der Waals surface area contributed by atoms with Crippen LogP contribution in [0.1, 0.15) is 39.5 Å². The molecule has 0 N–H and O–H groups in total. The van der Waals surface area contributed by atoms with Crippen LogP contribution in [0, 0.1) is 5.92 Å². The molecule has 0 amide bonds. The first-order valence-electron chi connectivity index (χ1n) is 5.53. The second-order valence-corrected chi connectivity index (χ2v) is 4.02. The van der Waals surface area contributed by atoms with Gasteiger partial charge in [-0.3, -0.25) is 9.69 Å². The van der Waals surface area contributed by atoms with Gasteiger partial charge in [0.15, 0.2) is 0 Å². The smallest absolute Gasteiger partial charge is 0.149 e. The van der Waals surface area contributed by atoms with Crippen LogP contribution in [0.15, 0.2) is 0 Å². The van der Waals surface area contributed by atoms with E-state index in [1.807, 2.05) is 0 Å². The van der Waals surface area contributed by atoms with Gasteiger partial charge >= 0.3 is 0 Å². The van der Waals surface area contributed by atoms with Crippen LogP contribution in [0.2, 0.25) is 0 Å². The van der Waals surface area contributed by atoms with Crippen LogP contribution in [0.4, 0.5) is 0 Å². The van der Waals surface area contributed by atoms with E-state index in [1.165, 1.54) is 0 Å². The van der Waals surface area contributed by atoms with Crippen LogP contribution >= 0.6 is 0 Å². The lowest BCUT2D eigenvalue weighted by Gasteiger charge is -2.30. The number of ketones is 1. The molecule has 1 aliphatic rings. The molecule has 2 nitrogen and oxygen atoms in total. The number of carbonyl (C=O) groups is 1. The van der Waals surface area contributed by atoms with Crippen molar-refractivity contribution in [2.24, 2.45) is 5.92 Å². The molecule has 0 radical (unpaired) electrons. The van der Waals surface area contributed by atoms with E-state index in [1.54, 1.807) is 0 Å². The predicted molar refractivity (Wildman–Crippen MR) is 54.8 cm³/mol. The molecule has 0 aromatic rings. The quantitative estimate of drug-likeness (QED) is 0.665. The minimum absolute atomic E-state index is 0.373. The van der Waals surface area contributed by atoms with E-state index < -0.39 is 0 Å². The highest BCUT2D eigenvalue weighted by atomic mass is 16.1. The summed E-state index contributed by atoms with van der Waals surface area (Å²) >= 11 is 0. The van der Waals surface area contributed by atoms with E-state index in [0.717, 1.165) is 38.8 Å². The van der Waals surface area contributed by atoms with Gasteiger partial charge < -0.3 is 0 Å². The van der Waals surface area contributed by atoms with Gasteiger partial charge in [-0.2, -0.15) is 0 Å². The molecular formula is C11H21NO. The number of hydrogen-bond acceptors (Lipinski definition) is 2. The minimum Gasteiger partial charge on any atom is -0.298 e. The Hall–Kier alpha value is -0.370. The van der Waals surface area contributed by atoms with Gasteiger partial charge in [-0.25, -0.2) is 0 Å². The number of nitrogens with zero attached hydrogens (tertiary/aromatic N) is 1. The summed E-state index contributed by atoms with van der Waals surface area (Å²) in [4.78, 5) is 13.9. The Bertz CT molecular complexity index is 167. The molecular weight excluding hydrogens is 162 g/mol. The third-order valence-electron chi connectivity index (χ3n) is 2.81. The van der Waals surface area contributed by atoms with Gasteiger partial charge in [-0.1, -0.05) is 20.3 Å². The summed E-state index contributed by atoms with van der Waals surface area (Å²) in [5.41, 5.74) is 0. The molecule has 1 atom stereocenters. The van der Waals surface area contributed by atoms with Crippen LogP contribution in [0.25, 0.3) is 0 Å². The first-order valence-corrected chi connectivity index (χ1v) is 5.53. The van der Waals surface area contributed by atoms with Gasteiger partial charge in [0, 0.05) is 5.92 Å². The van der Waals surface area contributed by atoms with E-state index in [0.29, 0.717) is 18.2 Å². The highest BCUT2D eigenvalue weighted by Crippen LogP contribution is 2.18. The van der Waals surface area contributed by atoms with Crippen molar-refractivity contribution in [1.82, 2.24) is 4.90 Å². The second-order valence-electron chi connectivity index (χ2n) is 4.02. The van der Waals surface area contributed by atoms with Gasteiger partial charge in [0.1, 0.15) is 5.78 Å². The van der Waals surface area contributed by atoms with Crippen molar-refractivity contribution in [2.75, 3.05) is 19.6 Å². The second kappa shape index (κ2) is 5.38. The molecule has 1 heterocycles. The Labute approximate surface area is 81.3 Å². The summed E-state index contributed by atoms with van der Waals surface area (Å²) in [6, 6.07) is 0. The maximum absolute atomic E-state index is 11.6. The molecule has 0 aliphatic carbocycles. The molecule has 0 aromatic carbocycles. The first kappa shape index (κ1) is 10.7. The summed E-state index contributed by atoms with van der Waals surface area (Å²) in [6.45, 7) is 7.25. The largest absolute Gasteiger partial charge is 0.298 e. The van der Waals surface area contributed by atoms with E-state index >= 15 is 0 Å². The molecule has 2 heteroatoms. The summed E-state index contributed by atoms with van der Waals surface area (Å²) < 4.78 is 0. The van der Waals surface area contributed by atoms with Crippen LogP contribution < -0.4 is 0 Å². The minimum atomic E-state index is 0.373. The molecule has 1 fully saturated rings. The molecule has 0 saturated carbocycles. The Kier molecular flexibility index (Phi) is 4.43. The standard InChI is InChI=1S/C11H21NO/c1-3-5-10-6-8-12(7-4-2)9-11(10)13/h10H,3-9H2,1-2H3. The summed E-state index contributed by atoms with van der Waals surface area (Å²) in [6.07, 6.45) is 4.49. The lowest BCUT2D eigenvalue weighted by Crippen LogP contribution is -2.41. The average Bonchev–Trinajstić information content (AvgIpc) is 2.10. The van der Waals surface area contributed by atoms with Gasteiger partial charge in [0.25, 0.3) is 0 Å². The molecule has 1 rings (SSSR count). The number of likely N-dealkylation sites (tertiary alicyclic amines) is 1. The highest BCUT2D eigenvalue weighted by Gasteiger charge is 2.25. The maximum Gasteiger partial charge on any atom is 0.149 e. The molecule has 0 aromatic heterocycles. The molecule has 13 heavy (non-hydrogen) atoms. The average molecular weight is 183 g/mol. The fraction of sp³-hybridized carbons (Fsp3) is 0.909. The van der Waals surface area contributed by atoms with Gasteiger partial charge in [0.05, 0.1) is 6.54 Å². The number of Topliss-reactive ketones (excluding diaryl/α,β-unsaturated/α-hetero) is 1. The van der Waals surface area contributed by atoms with Crippen molar-refractivity contribution in [3.8, 4) is 0 Å². The zero-order valence-electron chi connectivity index (χ0n) is 8.88. The summed E-state index contributed by atoms with van der Waals surface area (Å²) in [5, 5.41) is 0. The third-order valence-corrected chi connectivity index (χ3v) is 2.81. The van der Waals surface area contributed by atoms with Crippen molar-refractivity contribution >= 4 is 5.78 Å². The van der Waals surface area contributed by atoms with Gasteiger partial charge in [-0.15, -0.1) is 0 Å². The number of rotatable bonds is 4. The number of carbonyl (C=O) groups excluding carboxylic acids is 1. The lowest BCUT2D eigenvalue weighted by molar-refractivity contribution is -0.127. The highest BCUT2D eigenvalue weighted by molar-refractivity contribution is 5.83. The number of hydrogen-bond donors (Lipinski definition) is 0. The van der Waals surface area contributed by atoms with Crippen LogP contribution in [0.5, 0.6) is 0 Å². The van der Waals surface area contributed by atoms with Gasteiger partial charge in [0.2, 0.25) is 0 Å². The van der Waals surface area contributed by atoms with Crippen molar-refractivity contribution < 1.29 is 4.79 Å². The van der Waals surface area contributed by atoms with E-state index in [2.05, 4.69) is 18.7 Å². The fourth-order valence-electron chi connectivity index (χ4n) is 2.09. The predicted octanol–water partition coefficient (Wildman–Crippen LogP) is 2.09. The Morgan fingerprint density at radius 2 is 2.15 bits per heavy atom. The summed E-state index contributed by atoms with van der Waals surface area (Å²) in [7, 11) is 0. The Balaban J connectivity index is 2.33.